The van der Waals surface area contributed by atoms with Crippen molar-refractivity contribution in [2.45, 2.75) is 39.2 Å². The Balaban J connectivity index is 3.42. The van der Waals surface area contributed by atoms with Gasteiger partial charge in [-0.2, -0.15) is 0 Å². The molecule has 1 aromatic carbocycles. The first-order valence-electron chi connectivity index (χ1n) is 6.11. The minimum atomic E-state index is 0.0965. The lowest BCUT2D eigenvalue weighted by molar-refractivity contribution is 0.381. The van der Waals surface area contributed by atoms with Crippen LogP contribution in [0.3, 0.4) is 0 Å². The van der Waals surface area contributed by atoms with Crippen molar-refractivity contribution in [2.24, 2.45) is 5.73 Å². The molecule has 1 unspecified atom stereocenters. The summed E-state index contributed by atoms with van der Waals surface area (Å²) in [7, 11) is 3.34. The highest BCUT2D eigenvalue weighted by Gasteiger charge is 2.20. The van der Waals surface area contributed by atoms with Gasteiger partial charge in [0.15, 0.2) is 0 Å². The zero-order valence-corrected chi connectivity index (χ0v) is 13.3. The van der Waals surface area contributed by atoms with E-state index in [0.29, 0.717) is 5.92 Å². The molecule has 1 atom stereocenters. The number of rotatable bonds is 5. The zero-order valence-electron chi connectivity index (χ0n) is 11.7. The summed E-state index contributed by atoms with van der Waals surface area (Å²) in [6.07, 6.45) is 0.783. The highest BCUT2D eigenvalue weighted by molar-refractivity contribution is 9.10. The number of benzene rings is 1. The minimum absolute atomic E-state index is 0.0965. The van der Waals surface area contributed by atoms with Crippen LogP contribution in [0.2, 0.25) is 0 Å². The van der Waals surface area contributed by atoms with Gasteiger partial charge >= 0.3 is 0 Å². The van der Waals surface area contributed by atoms with Crippen LogP contribution in [0.1, 0.15) is 37.8 Å². The van der Waals surface area contributed by atoms with Crippen molar-refractivity contribution < 1.29 is 9.47 Å². The minimum Gasteiger partial charge on any atom is -0.495 e. The fourth-order valence-corrected chi connectivity index (χ4v) is 2.85. The standard InChI is InChI=1S/C14H22BrNO2/c1-8(2)11-7-10(6-9(3)16)13(17-4)12(15)14(11)18-5/h7-9H,6,16H2,1-5H3. The molecule has 1 rings (SSSR count). The van der Waals surface area contributed by atoms with E-state index in [9.17, 15) is 0 Å². The molecule has 2 N–H and O–H groups in total. The van der Waals surface area contributed by atoms with Crippen LogP contribution >= 0.6 is 15.9 Å². The van der Waals surface area contributed by atoms with Crippen LogP contribution in [0.15, 0.2) is 10.5 Å². The SMILES string of the molecule is COc1c(CC(C)N)cc(C(C)C)c(OC)c1Br. The average molecular weight is 316 g/mol. The summed E-state index contributed by atoms with van der Waals surface area (Å²) in [6, 6.07) is 2.23. The van der Waals surface area contributed by atoms with Gasteiger partial charge in [-0.15, -0.1) is 0 Å². The Morgan fingerprint density at radius 1 is 1.17 bits per heavy atom. The Morgan fingerprint density at radius 2 is 1.72 bits per heavy atom. The summed E-state index contributed by atoms with van der Waals surface area (Å²) in [6.45, 7) is 6.28. The Bertz CT molecular complexity index is 417. The van der Waals surface area contributed by atoms with E-state index in [2.05, 4.69) is 35.8 Å². The highest BCUT2D eigenvalue weighted by atomic mass is 79.9. The van der Waals surface area contributed by atoms with Crippen molar-refractivity contribution in [3.8, 4) is 11.5 Å². The van der Waals surface area contributed by atoms with Crippen molar-refractivity contribution >= 4 is 15.9 Å². The Morgan fingerprint density at radius 3 is 2.11 bits per heavy atom. The van der Waals surface area contributed by atoms with Gasteiger partial charge in [-0.1, -0.05) is 13.8 Å². The van der Waals surface area contributed by atoms with Crippen LogP contribution in [-0.2, 0) is 6.42 Å². The second kappa shape index (κ2) is 6.43. The van der Waals surface area contributed by atoms with E-state index < -0.39 is 0 Å². The summed E-state index contributed by atoms with van der Waals surface area (Å²) in [4.78, 5) is 0. The zero-order chi connectivity index (χ0) is 13.9. The maximum atomic E-state index is 5.89. The van der Waals surface area contributed by atoms with E-state index in [-0.39, 0.29) is 6.04 Å². The Labute approximate surface area is 118 Å². The van der Waals surface area contributed by atoms with Crippen LogP contribution in [0.4, 0.5) is 0 Å². The molecule has 0 saturated heterocycles. The quantitative estimate of drug-likeness (QED) is 0.904. The van der Waals surface area contributed by atoms with E-state index in [0.717, 1.165) is 28.0 Å². The van der Waals surface area contributed by atoms with Gasteiger partial charge in [0.05, 0.1) is 14.2 Å². The molecule has 3 nitrogen and oxygen atoms in total. The predicted octanol–water partition coefficient (Wildman–Crippen LogP) is 3.48. The molecule has 0 aliphatic carbocycles. The molecule has 0 fully saturated rings. The van der Waals surface area contributed by atoms with Gasteiger partial charge in [0, 0.05) is 6.04 Å². The maximum absolute atomic E-state index is 5.89. The van der Waals surface area contributed by atoms with Gasteiger partial charge in [0.2, 0.25) is 0 Å². The number of halogens is 1. The number of hydrogen-bond acceptors (Lipinski definition) is 3. The van der Waals surface area contributed by atoms with Crippen molar-refractivity contribution in [3.63, 3.8) is 0 Å². The van der Waals surface area contributed by atoms with E-state index in [1.165, 1.54) is 5.56 Å². The summed E-state index contributed by atoms with van der Waals surface area (Å²) in [5.41, 5.74) is 8.17. The van der Waals surface area contributed by atoms with Gasteiger partial charge in [0.25, 0.3) is 0 Å². The molecule has 0 radical (unpaired) electrons. The molecule has 0 aromatic heterocycles. The third kappa shape index (κ3) is 3.18. The summed E-state index contributed by atoms with van der Waals surface area (Å²) >= 11 is 3.57. The van der Waals surface area contributed by atoms with Gasteiger partial charge in [0.1, 0.15) is 16.0 Å². The second-order valence-electron chi connectivity index (χ2n) is 4.84. The number of ether oxygens (including phenoxy) is 2. The largest absolute Gasteiger partial charge is 0.495 e. The molecule has 0 spiro atoms. The molecule has 1 aromatic rings. The Hall–Kier alpha value is -0.740. The number of nitrogens with two attached hydrogens (primary N) is 1. The third-order valence-electron chi connectivity index (χ3n) is 2.85. The Kier molecular flexibility index (Phi) is 5.47. The summed E-state index contributed by atoms with van der Waals surface area (Å²) in [5, 5.41) is 0. The van der Waals surface area contributed by atoms with Gasteiger partial charge < -0.3 is 15.2 Å². The molecule has 0 saturated carbocycles. The van der Waals surface area contributed by atoms with Crippen LogP contribution in [0, 0.1) is 0 Å². The first kappa shape index (κ1) is 15.3. The second-order valence-corrected chi connectivity index (χ2v) is 5.63. The van der Waals surface area contributed by atoms with Crippen molar-refractivity contribution in [3.05, 3.63) is 21.7 Å². The molecule has 0 amide bonds. The number of hydrogen-bond donors (Lipinski definition) is 1. The van der Waals surface area contributed by atoms with Crippen LogP contribution < -0.4 is 15.2 Å². The highest BCUT2D eigenvalue weighted by Crippen LogP contribution is 2.43. The van der Waals surface area contributed by atoms with Crippen LogP contribution in [0.5, 0.6) is 11.5 Å². The molecule has 18 heavy (non-hydrogen) atoms. The van der Waals surface area contributed by atoms with Gasteiger partial charge in [-0.3, -0.25) is 0 Å². The van der Waals surface area contributed by atoms with E-state index in [1.54, 1.807) is 14.2 Å². The molecule has 0 aliphatic heterocycles. The van der Waals surface area contributed by atoms with Crippen molar-refractivity contribution in [1.82, 2.24) is 0 Å². The average Bonchev–Trinajstić information content (AvgIpc) is 2.27. The molecular formula is C14H22BrNO2. The van der Waals surface area contributed by atoms with E-state index in [4.69, 9.17) is 15.2 Å². The van der Waals surface area contributed by atoms with E-state index in [1.807, 2.05) is 6.92 Å². The normalized spacial score (nSPS) is 12.7. The lowest BCUT2D eigenvalue weighted by Crippen LogP contribution is -2.18. The molecule has 0 bridgehead atoms. The maximum Gasteiger partial charge on any atom is 0.140 e. The van der Waals surface area contributed by atoms with Gasteiger partial charge in [-0.05, 0) is 52.4 Å². The third-order valence-corrected chi connectivity index (χ3v) is 3.57. The van der Waals surface area contributed by atoms with Crippen molar-refractivity contribution in [2.75, 3.05) is 14.2 Å². The monoisotopic (exact) mass is 315 g/mol. The predicted molar refractivity (Wildman–Crippen MR) is 78.7 cm³/mol. The van der Waals surface area contributed by atoms with Crippen molar-refractivity contribution in [1.29, 1.82) is 0 Å². The smallest absolute Gasteiger partial charge is 0.140 e. The summed E-state index contributed by atoms with van der Waals surface area (Å²) in [5.74, 6) is 2.04. The van der Waals surface area contributed by atoms with E-state index >= 15 is 0 Å². The molecular weight excluding hydrogens is 294 g/mol. The fourth-order valence-electron chi connectivity index (χ4n) is 2.05. The molecule has 102 valence electrons. The van der Waals surface area contributed by atoms with Crippen LogP contribution in [-0.4, -0.2) is 20.3 Å². The molecule has 0 heterocycles. The van der Waals surface area contributed by atoms with Gasteiger partial charge in [-0.25, -0.2) is 0 Å². The number of methoxy groups -OCH3 is 2. The first-order chi connectivity index (χ1) is 8.42. The summed E-state index contributed by atoms with van der Waals surface area (Å²) < 4.78 is 11.8. The topological polar surface area (TPSA) is 44.5 Å². The lowest BCUT2D eigenvalue weighted by atomic mass is 9.96. The first-order valence-corrected chi connectivity index (χ1v) is 6.90. The lowest BCUT2D eigenvalue weighted by Gasteiger charge is -2.20. The fraction of sp³-hybridized carbons (Fsp3) is 0.571. The molecule has 0 aliphatic rings. The van der Waals surface area contributed by atoms with Crippen LogP contribution in [0.25, 0.3) is 0 Å². The molecule has 4 heteroatoms.